The maximum atomic E-state index is 3.82. The molecule has 16 heavy (non-hydrogen) atoms. The van der Waals surface area contributed by atoms with E-state index >= 15 is 0 Å². The molecule has 0 aromatic carbocycles. The van der Waals surface area contributed by atoms with E-state index in [0.29, 0.717) is 4.83 Å². The third kappa shape index (κ3) is 2.45. The molecule has 0 nitrogen and oxygen atoms in total. The number of halogens is 2. The van der Waals surface area contributed by atoms with Gasteiger partial charge >= 0.3 is 0 Å². The predicted molar refractivity (Wildman–Crippen MR) is 81.2 cm³/mol. The van der Waals surface area contributed by atoms with E-state index in [1.807, 2.05) is 22.7 Å². The average Bonchev–Trinajstić information content (AvgIpc) is 2.83. The molecule has 2 aromatic heterocycles. The number of aryl methyl sites for hydroxylation is 2. The Bertz CT molecular complexity index is 485. The topological polar surface area (TPSA) is 0 Å². The smallest absolute Gasteiger partial charge is 0.0845 e. The first kappa shape index (κ1) is 12.8. The van der Waals surface area contributed by atoms with Gasteiger partial charge in [0.1, 0.15) is 0 Å². The van der Waals surface area contributed by atoms with Gasteiger partial charge in [-0.1, -0.05) is 22.9 Å². The van der Waals surface area contributed by atoms with Gasteiger partial charge in [-0.25, -0.2) is 0 Å². The molecule has 0 aliphatic rings. The number of hydrogen-bond acceptors (Lipinski definition) is 2. The standard InChI is InChI=1S/C12H12Br2S2/c1-3-8-4-5-15-11(8)10(14)12-9(13)6-7(2)16-12/h4-6,10H,3H2,1-2H3. The van der Waals surface area contributed by atoms with Crippen LogP contribution in [0.3, 0.4) is 0 Å². The number of thiophene rings is 2. The number of hydrogen-bond donors (Lipinski definition) is 0. The van der Waals surface area contributed by atoms with Gasteiger partial charge in [-0.2, -0.15) is 0 Å². The Hall–Kier alpha value is 0.360. The highest BCUT2D eigenvalue weighted by Gasteiger charge is 2.19. The molecular weight excluding hydrogens is 368 g/mol. The number of alkyl halides is 1. The zero-order valence-electron chi connectivity index (χ0n) is 9.09. The van der Waals surface area contributed by atoms with Gasteiger partial charge in [-0.05, 0) is 52.4 Å². The molecule has 2 aromatic rings. The molecular formula is C12H12Br2S2. The van der Waals surface area contributed by atoms with Crippen LogP contribution in [0.15, 0.2) is 22.0 Å². The van der Waals surface area contributed by atoms with Crippen molar-refractivity contribution in [2.24, 2.45) is 0 Å². The minimum atomic E-state index is 0.329. The van der Waals surface area contributed by atoms with E-state index in [1.165, 1.54) is 24.7 Å². The summed E-state index contributed by atoms with van der Waals surface area (Å²) in [4.78, 5) is 4.48. The second-order valence-corrected chi connectivity index (χ2v) is 7.60. The van der Waals surface area contributed by atoms with Crippen LogP contribution in [0.4, 0.5) is 0 Å². The quantitative estimate of drug-likeness (QED) is 0.580. The van der Waals surface area contributed by atoms with Crippen molar-refractivity contribution >= 4 is 54.5 Å². The lowest BCUT2D eigenvalue weighted by Gasteiger charge is -2.08. The van der Waals surface area contributed by atoms with E-state index in [1.54, 1.807) is 0 Å². The molecule has 0 fully saturated rings. The summed E-state index contributed by atoms with van der Waals surface area (Å²) < 4.78 is 1.22. The normalized spacial score (nSPS) is 13.0. The highest BCUT2D eigenvalue weighted by atomic mass is 79.9. The summed E-state index contributed by atoms with van der Waals surface area (Å²) in [6.45, 7) is 4.35. The van der Waals surface area contributed by atoms with E-state index < -0.39 is 0 Å². The lowest BCUT2D eigenvalue weighted by molar-refractivity contribution is 1.10. The van der Waals surface area contributed by atoms with Gasteiger partial charge in [0.25, 0.3) is 0 Å². The molecule has 2 rings (SSSR count). The summed E-state index contributed by atoms with van der Waals surface area (Å²) >= 11 is 11.1. The largest absolute Gasteiger partial charge is 0.147 e. The molecule has 1 unspecified atom stereocenters. The van der Waals surface area contributed by atoms with Crippen molar-refractivity contribution in [3.8, 4) is 0 Å². The summed E-state index contributed by atoms with van der Waals surface area (Å²) in [5.41, 5.74) is 1.45. The molecule has 2 heterocycles. The van der Waals surface area contributed by atoms with Crippen LogP contribution in [-0.2, 0) is 6.42 Å². The van der Waals surface area contributed by atoms with Crippen molar-refractivity contribution in [2.45, 2.75) is 25.1 Å². The first-order chi connectivity index (χ1) is 7.63. The summed E-state index contributed by atoms with van der Waals surface area (Å²) in [6.07, 6.45) is 1.10. The van der Waals surface area contributed by atoms with Crippen molar-refractivity contribution in [2.75, 3.05) is 0 Å². The van der Waals surface area contributed by atoms with E-state index in [4.69, 9.17) is 0 Å². The van der Waals surface area contributed by atoms with Gasteiger partial charge in [0, 0.05) is 19.1 Å². The minimum absolute atomic E-state index is 0.329. The zero-order chi connectivity index (χ0) is 11.7. The zero-order valence-corrected chi connectivity index (χ0v) is 13.9. The Kier molecular flexibility index (Phi) is 4.27. The molecule has 4 heteroatoms. The van der Waals surface area contributed by atoms with Gasteiger partial charge < -0.3 is 0 Å². The van der Waals surface area contributed by atoms with Crippen LogP contribution in [0, 0.1) is 6.92 Å². The highest BCUT2D eigenvalue weighted by molar-refractivity contribution is 9.11. The molecule has 86 valence electrons. The van der Waals surface area contributed by atoms with Crippen LogP contribution in [-0.4, -0.2) is 0 Å². The van der Waals surface area contributed by atoms with Crippen LogP contribution in [0.5, 0.6) is 0 Å². The van der Waals surface area contributed by atoms with Crippen molar-refractivity contribution in [1.82, 2.24) is 0 Å². The lowest BCUT2D eigenvalue weighted by Crippen LogP contribution is -1.91. The van der Waals surface area contributed by atoms with Crippen LogP contribution in [0.1, 0.15) is 31.9 Å². The second kappa shape index (κ2) is 5.34. The summed E-state index contributed by atoms with van der Waals surface area (Å²) in [7, 11) is 0. The van der Waals surface area contributed by atoms with Gasteiger partial charge in [0.15, 0.2) is 0 Å². The van der Waals surface area contributed by atoms with E-state index in [0.717, 1.165) is 6.42 Å². The third-order valence-corrected chi connectivity index (χ3v) is 7.04. The molecule has 0 spiro atoms. The summed E-state index contributed by atoms with van der Waals surface area (Å²) in [5, 5.41) is 2.18. The number of rotatable bonds is 3. The van der Waals surface area contributed by atoms with E-state index in [9.17, 15) is 0 Å². The Labute approximate surface area is 121 Å². The summed E-state index contributed by atoms with van der Waals surface area (Å²) in [5.74, 6) is 0. The first-order valence-electron chi connectivity index (χ1n) is 5.09. The fourth-order valence-corrected chi connectivity index (χ4v) is 6.03. The maximum absolute atomic E-state index is 3.82. The van der Waals surface area contributed by atoms with Crippen molar-refractivity contribution < 1.29 is 0 Å². The first-order valence-corrected chi connectivity index (χ1v) is 8.50. The fraction of sp³-hybridized carbons (Fsp3) is 0.333. The SMILES string of the molecule is CCc1ccsc1C(Br)c1sc(C)cc1Br. The molecule has 0 radical (unpaired) electrons. The summed E-state index contributed by atoms with van der Waals surface area (Å²) in [6, 6.07) is 4.41. The van der Waals surface area contributed by atoms with Gasteiger partial charge in [0.2, 0.25) is 0 Å². The van der Waals surface area contributed by atoms with Crippen LogP contribution in [0.2, 0.25) is 0 Å². The molecule has 1 atom stereocenters. The average molecular weight is 380 g/mol. The van der Waals surface area contributed by atoms with E-state index in [2.05, 4.69) is 63.2 Å². The lowest BCUT2D eigenvalue weighted by atomic mass is 10.1. The van der Waals surface area contributed by atoms with Crippen molar-refractivity contribution in [3.05, 3.63) is 42.2 Å². The molecule has 0 aliphatic heterocycles. The molecule has 0 bridgehead atoms. The van der Waals surface area contributed by atoms with Crippen molar-refractivity contribution in [1.29, 1.82) is 0 Å². The molecule has 0 N–H and O–H groups in total. The van der Waals surface area contributed by atoms with Gasteiger partial charge in [-0.3, -0.25) is 0 Å². The maximum Gasteiger partial charge on any atom is 0.0845 e. The minimum Gasteiger partial charge on any atom is -0.147 e. The third-order valence-electron chi connectivity index (χ3n) is 2.46. The molecule has 0 aliphatic carbocycles. The predicted octanol–water partition coefficient (Wildman–Crippen LogP) is 5.93. The highest BCUT2D eigenvalue weighted by Crippen LogP contribution is 2.43. The second-order valence-electron chi connectivity index (χ2n) is 3.60. The van der Waals surface area contributed by atoms with E-state index in [-0.39, 0.29) is 0 Å². The Balaban J connectivity index is 2.38. The Morgan fingerprint density at radius 1 is 1.38 bits per heavy atom. The van der Waals surface area contributed by atoms with Crippen LogP contribution < -0.4 is 0 Å². The van der Waals surface area contributed by atoms with Crippen LogP contribution in [0.25, 0.3) is 0 Å². The Morgan fingerprint density at radius 3 is 2.69 bits per heavy atom. The Morgan fingerprint density at radius 2 is 2.12 bits per heavy atom. The van der Waals surface area contributed by atoms with Gasteiger partial charge in [0.05, 0.1) is 4.83 Å². The molecule has 0 amide bonds. The molecule has 0 saturated carbocycles. The molecule has 0 saturated heterocycles. The van der Waals surface area contributed by atoms with Crippen LogP contribution >= 0.6 is 54.5 Å². The fourth-order valence-electron chi connectivity index (χ4n) is 1.65. The van der Waals surface area contributed by atoms with Crippen molar-refractivity contribution in [3.63, 3.8) is 0 Å². The monoisotopic (exact) mass is 378 g/mol. The van der Waals surface area contributed by atoms with Gasteiger partial charge in [-0.15, -0.1) is 22.7 Å².